The second-order valence-corrected chi connectivity index (χ2v) is 10.8. The van der Waals surface area contributed by atoms with Crippen LogP contribution in [0.25, 0.3) is 0 Å². The van der Waals surface area contributed by atoms with Gasteiger partial charge in [0.1, 0.15) is 0 Å². The zero-order chi connectivity index (χ0) is 23.2. The van der Waals surface area contributed by atoms with Crippen molar-refractivity contribution in [3.8, 4) is 0 Å². The predicted molar refractivity (Wildman–Crippen MR) is 127 cm³/mol. The number of piperidine rings is 1. The highest BCUT2D eigenvalue weighted by atomic mass is 16.2. The molecular weight excluding hydrogens is 412 g/mol. The summed E-state index contributed by atoms with van der Waals surface area (Å²) in [7, 11) is 0. The highest BCUT2D eigenvalue weighted by molar-refractivity contribution is 5.88. The van der Waals surface area contributed by atoms with Crippen LogP contribution in [0.15, 0.2) is 42.6 Å². The van der Waals surface area contributed by atoms with Crippen molar-refractivity contribution in [3.05, 3.63) is 53.9 Å². The van der Waals surface area contributed by atoms with Crippen molar-refractivity contribution < 1.29 is 9.59 Å². The van der Waals surface area contributed by atoms with Crippen molar-refractivity contribution in [2.45, 2.75) is 65.0 Å². The molecule has 6 heteroatoms. The lowest BCUT2D eigenvalue weighted by atomic mass is 9.70. The number of carbonyl (C=O) groups is 2. The second kappa shape index (κ2) is 8.62. The number of hydrogen-bond donors (Lipinski definition) is 0. The Balaban J connectivity index is 1.48. The van der Waals surface area contributed by atoms with Gasteiger partial charge in [0.05, 0.1) is 5.41 Å². The van der Waals surface area contributed by atoms with Gasteiger partial charge in [-0.2, -0.15) is 5.10 Å². The lowest BCUT2D eigenvalue weighted by molar-refractivity contribution is -0.148. The number of hydrogen-bond acceptors (Lipinski definition) is 3. The van der Waals surface area contributed by atoms with Crippen molar-refractivity contribution >= 4 is 11.8 Å². The number of amides is 2. The smallest absolute Gasteiger partial charge is 0.231 e. The van der Waals surface area contributed by atoms with Crippen LogP contribution in [-0.4, -0.2) is 51.0 Å². The normalized spacial score (nSPS) is 29.7. The van der Waals surface area contributed by atoms with Crippen molar-refractivity contribution in [1.82, 2.24) is 19.6 Å². The van der Waals surface area contributed by atoms with Crippen LogP contribution in [0.1, 0.15) is 69.7 Å². The summed E-state index contributed by atoms with van der Waals surface area (Å²) in [5, 5.41) is 4.58. The first kappa shape index (κ1) is 22.2. The quantitative estimate of drug-likeness (QED) is 0.687. The molecule has 0 radical (unpaired) electrons. The van der Waals surface area contributed by atoms with Gasteiger partial charge in [-0.25, -0.2) is 0 Å². The maximum absolute atomic E-state index is 14.2. The Morgan fingerprint density at radius 3 is 2.64 bits per heavy atom. The molecule has 5 rings (SSSR count). The number of likely N-dealkylation sites (tertiary alicyclic amines) is 2. The molecule has 176 valence electrons. The molecule has 1 saturated carbocycles. The Morgan fingerprint density at radius 2 is 1.94 bits per heavy atom. The van der Waals surface area contributed by atoms with Crippen LogP contribution in [0.4, 0.5) is 0 Å². The zero-order valence-electron chi connectivity index (χ0n) is 20.1. The van der Waals surface area contributed by atoms with E-state index in [1.165, 1.54) is 0 Å². The Hall–Kier alpha value is -2.63. The van der Waals surface area contributed by atoms with Gasteiger partial charge in [-0.3, -0.25) is 14.3 Å². The molecular formula is C27H36N4O2. The molecule has 2 atom stereocenters. The largest absolute Gasteiger partial charge is 0.341 e. The molecule has 33 heavy (non-hydrogen) atoms. The van der Waals surface area contributed by atoms with E-state index in [0.717, 1.165) is 43.5 Å². The highest BCUT2D eigenvalue weighted by Crippen LogP contribution is 2.51. The van der Waals surface area contributed by atoms with Crippen LogP contribution in [0.2, 0.25) is 0 Å². The minimum atomic E-state index is -0.565. The summed E-state index contributed by atoms with van der Waals surface area (Å²) < 4.78 is 2.05. The van der Waals surface area contributed by atoms with E-state index in [-0.39, 0.29) is 29.7 Å². The van der Waals surface area contributed by atoms with E-state index in [1.807, 2.05) is 34.2 Å². The number of aromatic nitrogens is 2. The number of benzene rings is 1. The van der Waals surface area contributed by atoms with Gasteiger partial charge in [0.15, 0.2) is 0 Å². The van der Waals surface area contributed by atoms with E-state index in [4.69, 9.17) is 0 Å². The van der Waals surface area contributed by atoms with Crippen LogP contribution in [-0.2, 0) is 16.1 Å². The molecule has 0 bridgehead atoms. The molecule has 3 aliphatic rings. The summed E-state index contributed by atoms with van der Waals surface area (Å²) in [5.74, 6) is 1.20. The topological polar surface area (TPSA) is 58.4 Å². The van der Waals surface area contributed by atoms with Crippen molar-refractivity contribution in [1.29, 1.82) is 0 Å². The van der Waals surface area contributed by atoms with Crippen LogP contribution in [0, 0.1) is 17.3 Å². The molecule has 2 aromatic rings. The van der Waals surface area contributed by atoms with E-state index >= 15 is 0 Å². The van der Waals surface area contributed by atoms with Gasteiger partial charge >= 0.3 is 0 Å². The van der Waals surface area contributed by atoms with Gasteiger partial charge in [0.2, 0.25) is 11.8 Å². The first-order valence-electron chi connectivity index (χ1n) is 12.5. The van der Waals surface area contributed by atoms with Gasteiger partial charge in [0, 0.05) is 55.9 Å². The standard InChI is InChI=1S/C27H36N4O2/c1-19(2)31-24(10-12-28-31)23-17-30(25(32)22-14-20(3)15-22)18-27(23)11-7-13-29(26(27)33)16-21-8-5-4-6-9-21/h4-6,8-10,12,19-20,22-23H,7,11,13-18H2,1-3H3/t20?,22?,23-,27-/m1/s1. The van der Waals surface area contributed by atoms with E-state index < -0.39 is 5.41 Å². The van der Waals surface area contributed by atoms with Gasteiger partial charge in [-0.15, -0.1) is 0 Å². The lowest BCUT2D eigenvalue weighted by Crippen LogP contribution is -2.52. The van der Waals surface area contributed by atoms with E-state index in [1.54, 1.807) is 0 Å². The third kappa shape index (κ3) is 3.87. The minimum absolute atomic E-state index is 0.0186. The fourth-order valence-electron chi connectivity index (χ4n) is 6.38. The number of rotatable bonds is 5. The summed E-state index contributed by atoms with van der Waals surface area (Å²) in [6.07, 6.45) is 5.59. The molecule has 3 heterocycles. The van der Waals surface area contributed by atoms with E-state index in [9.17, 15) is 9.59 Å². The zero-order valence-corrected chi connectivity index (χ0v) is 20.1. The molecule has 1 spiro atoms. The van der Waals surface area contributed by atoms with Gasteiger partial charge < -0.3 is 9.80 Å². The van der Waals surface area contributed by atoms with Crippen LogP contribution < -0.4 is 0 Å². The molecule has 6 nitrogen and oxygen atoms in total. The number of nitrogens with zero attached hydrogens (tertiary/aromatic N) is 4. The summed E-state index contributed by atoms with van der Waals surface area (Å²) in [4.78, 5) is 31.6. The molecule has 1 aliphatic carbocycles. The Morgan fingerprint density at radius 1 is 1.18 bits per heavy atom. The Kier molecular flexibility index (Phi) is 5.79. The van der Waals surface area contributed by atoms with Gasteiger partial charge in [-0.1, -0.05) is 37.3 Å². The van der Waals surface area contributed by atoms with Crippen LogP contribution in [0.3, 0.4) is 0 Å². The first-order valence-corrected chi connectivity index (χ1v) is 12.5. The summed E-state index contributed by atoms with van der Waals surface area (Å²) in [6.45, 7) is 9.03. The maximum atomic E-state index is 14.2. The molecule has 2 saturated heterocycles. The molecule has 2 aliphatic heterocycles. The van der Waals surface area contributed by atoms with Crippen LogP contribution >= 0.6 is 0 Å². The SMILES string of the molecule is CC1CC(C(=O)N2C[C@H](c3ccnn3C(C)C)[C@@]3(CCCN(Cc4ccccc4)C3=O)C2)C1. The van der Waals surface area contributed by atoms with E-state index in [0.29, 0.717) is 25.6 Å². The predicted octanol–water partition coefficient (Wildman–Crippen LogP) is 4.24. The summed E-state index contributed by atoms with van der Waals surface area (Å²) in [6, 6.07) is 12.5. The van der Waals surface area contributed by atoms with Gasteiger partial charge in [0.25, 0.3) is 0 Å². The molecule has 3 fully saturated rings. The van der Waals surface area contributed by atoms with Crippen LogP contribution in [0.5, 0.6) is 0 Å². The van der Waals surface area contributed by atoms with E-state index in [2.05, 4.69) is 48.8 Å². The lowest BCUT2D eigenvalue weighted by Gasteiger charge is -2.42. The average Bonchev–Trinajstić information content (AvgIpc) is 3.41. The fourth-order valence-corrected chi connectivity index (χ4v) is 6.38. The van der Waals surface area contributed by atoms with Crippen molar-refractivity contribution in [2.24, 2.45) is 17.3 Å². The Bertz CT molecular complexity index is 1010. The minimum Gasteiger partial charge on any atom is -0.341 e. The maximum Gasteiger partial charge on any atom is 0.231 e. The first-order chi connectivity index (χ1) is 15.9. The van der Waals surface area contributed by atoms with Crippen molar-refractivity contribution in [2.75, 3.05) is 19.6 Å². The third-order valence-electron chi connectivity index (χ3n) is 8.11. The molecule has 2 amide bonds. The molecule has 0 unspecified atom stereocenters. The number of carbonyl (C=O) groups excluding carboxylic acids is 2. The monoisotopic (exact) mass is 448 g/mol. The summed E-state index contributed by atoms with van der Waals surface area (Å²) in [5.41, 5.74) is 1.68. The van der Waals surface area contributed by atoms with Gasteiger partial charge in [-0.05, 0) is 57.1 Å². The fraction of sp³-hybridized carbons (Fsp3) is 0.593. The highest BCUT2D eigenvalue weighted by Gasteiger charge is 2.57. The second-order valence-electron chi connectivity index (χ2n) is 10.8. The molecule has 1 aromatic heterocycles. The Labute approximate surface area is 196 Å². The molecule has 1 aromatic carbocycles. The van der Waals surface area contributed by atoms with Crippen molar-refractivity contribution in [3.63, 3.8) is 0 Å². The average molecular weight is 449 g/mol. The summed E-state index contributed by atoms with van der Waals surface area (Å²) >= 11 is 0. The third-order valence-corrected chi connectivity index (χ3v) is 8.11. The molecule has 0 N–H and O–H groups in total.